The zero-order chi connectivity index (χ0) is 18.1. The molecule has 0 saturated carbocycles. The molecule has 3 aromatic rings. The van der Waals surface area contributed by atoms with Crippen LogP contribution in [-0.4, -0.2) is 13.4 Å². The summed E-state index contributed by atoms with van der Waals surface area (Å²) in [6.45, 7) is 0. The van der Waals surface area contributed by atoms with Crippen molar-refractivity contribution < 1.29 is 21.6 Å². The van der Waals surface area contributed by atoms with Crippen molar-refractivity contribution in [1.29, 1.82) is 0 Å². The molecule has 0 bridgehead atoms. The zero-order valence-corrected chi connectivity index (χ0v) is 14.1. The average Bonchev–Trinajstić information content (AvgIpc) is 3.03. The molecule has 0 spiro atoms. The van der Waals surface area contributed by atoms with Gasteiger partial charge in [0.05, 0.1) is 10.5 Å². The Kier molecular flexibility index (Phi) is 4.53. The predicted molar refractivity (Wildman–Crippen MR) is 89.8 cm³/mol. The molecular formula is C16H11F3N2O2S2. The maximum absolute atomic E-state index is 12.6. The monoisotopic (exact) mass is 384 g/mol. The van der Waals surface area contributed by atoms with Crippen molar-refractivity contribution in [2.45, 2.75) is 11.1 Å². The van der Waals surface area contributed by atoms with Crippen LogP contribution >= 0.6 is 11.3 Å². The van der Waals surface area contributed by atoms with Crippen LogP contribution in [0, 0.1) is 0 Å². The first kappa shape index (κ1) is 17.4. The number of benzene rings is 2. The van der Waals surface area contributed by atoms with E-state index in [1.165, 1.54) is 16.7 Å². The van der Waals surface area contributed by atoms with Gasteiger partial charge in [0, 0.05) is 10.9 Å². The van der Waals surface area contributed by atoms with Crippen LogP contribution in [0.3, 0.4) is 0 Å². The molecule has 0 saturated heterocycles. The van der Waals surface area contributed by atoms with Crippen LogP contribution in [0.25, 0.3) is 10.6 Å². The highest BCUT2D eigenvalue weighted by molar-refractivity contribution is 7.92. The normalized spacial score (nSPS) is 12.1. The van der Waals surface area contributed by atoms with Crippen molar-refractivity contribution in [2.24, 2.45) is 0 Å². The number of nitrogens with one attached hydrogen (secondary N) is 1. The quantitative estimate of drug-likeness (QED) is 0.714. The number of hydrogen-bond donors (Lipinski definition) is 1. The molecule has 1 heterocycles. The summed E-state index contributed by atoms with van der Waals surface area (Å²) in [5.41, 5.74) is -0.0704. The zero-order valence-electron chi connectivity index (χ0n) is 12.5. The van der Waals surface area contributed by atoms with Crippen LogP contribution in [0.1, 0.15) is 5.56 Å². The molecule has 2 aromatic carbocycles. The summed E-state index contributed by atoms with van der Waals surface area (Å²) < 4.78 is 64.5. The summed E-state index contributed by atoms with van der Waals surface area (Å²) in [4.78, 5) is 3.93. The van der Waals surface area contributed by atoms with E-state index in [4.69, 9.17) is 0 Å². The van der Waals surface area contributed by atoms with Gasteiger partial charge in [-0.05, 0) is 24.3 Å². The second-order valence-corrected chi connectivity index (χ2v) is 7.57. The van der Waals surface area contributed by atoms with Crippen LogP contribution in [-0.2, 0) is 16.2 Å². The van der Waals surface area contributed by atoms with Gasteiger partial charge in [0.1, 0.15) is 5.01 Å². The summed E-state index contributed by atoms with van der Waals surface area (Å²) >= 11 is 1.26. The fourth-order valence-corrected chi connectivity index (χ4v) is 3.88. The lowest BCUT2D eigenvalue weighted by Crippen LogP contribution is -2.14. The fraction of sp³-hybridized carbons (Fsp3) is 0.0625. The van der Waals surface area contributed by atoms with E-state index in [1.807, 2.05) is 30.3 Å². The standard InChI is InChI=1S/C16H11F3N2O2S2/c17-16(18,19)12-6-8-13(9-7-12)25(22,23)21-14-10-24-15(20-14)11-4-2-1-3-5-11/h1-10,21H. The van der Waals surface area contributed by atoms with Crippen molar-refractivity contribution in [3.8, 4) is 10.6 Å². The van der Waals surface area contributed by atoms with Gasteiger partial charge in [-0.3, -0.25) is 4.72 Å². The molecule has 0 radical (unpaired) electrons. The van der Waals surface area contributed by atoms with Gasteiger partial charge >= 0.3 is 6.18 Å². The van der Waals surface area contributed by atoms with E-state index < -0.39 is 21.8 Å². The predicted octanol–water partition coefficient (Wildman–Crippen LogP) is 4.63. The van der Waals surface area contributed by atoms with Gasteiger partial charge in [0.25, 0.3) is 10.0 Å². The highest BCUT2D eigenvalue weighted by Gasteiger charge is 2.30. The smallest absolute Gasteiger partial charge is 0.263 e. The number of rotatable bonds is 4. The number of sulfonamides is 1. The number of halogens is 3. The highest BCUT2D eigenvalue weighted by atomic mass is 32.2. The van der Waals surface area contributed by atoms with Crippen molar-refractivity contribution in [3.05, 3.63) is 65.5 Å². The number of hydrogen-bond acceptors (Lipinski definition) is 4. The van der Waals surface area contributed by atoms with Crippen LogP contribution < -0.4 is 4.72 Å². The summed E-state index contributed by atoms with van der Waals surface area (Å²) in [5, 5.41) is 2.16. The SMILES string of the molecule is O=S(=O)(Nc1csc(-c2ccccc2)n1)c1ccc(C(F)(F)F)cc1. The lowest BCUT2D eigenvalue weighted by Gasteiger charge is -2.08. The van der Waals surface area contributed by atoms with Crippen LogP contribution in [0.5, 0.6) is 0 Å². The van der Waals surface area contributed by atoms with Crippen molar-refractivity contribution >= 4 is 27.2 Å². The first-order chi connectivity index (χ1) is 11.8. The molecule has 4 nitrogen and oxygen atoms in total. The van der Waals surface area contributed by atoms with E-state index in [2.05, 4.69) is 9.71 Å². The Morgan fingerprint density at radius 2 is 1.60 bits per heavy atom. The van der Waals surface area contributed by atoms with Gasteiger partial charge < -0.3 is 0 Å². The van der Waals surface area contributed by atoms with Gasteiger partial charge in [0.2, 0.25) is 0 Å². The third kappa shape index (κ3) is 3.99. The number of anilines is 1. The van der Waals surface area contributed by atoms with Crippen LogP contribution in [0.4, 0.5) is 19.0 Å². The van der Waals surface area contributed by atoms with Crippen molar-refractivity contribution in [1.82, 2.24) is 4.98 Å². The Labute approximate surface area is 146 Å². The molecule has 1 N–H and O–H groups in total. The Morgan fingerprint density at radius 1 is 0.960 bits per heavy atom. The molecule has 0 aliphatic carbocycles. The molecule has 0 fully saturated rings. The lowest BCUT2D eigenvalue weighted by molar-refractivity contribution is -0.137. The van der Waals surface area contributed by atoms with E-state index in [-0.39, 0.29) is 10.7 Å². The van der Waals surface area contributed by atoms with Gasteiger partial charge in [-0.25, -0.2) is 13.4 Å². The molecule has 0 unspecified atom stereocenters. The van der Waals surface area contributed by atoms with Crippen LogP contribution in [0.2, 0.25) is 0 Å². The molecular weight excluding hydrogens is 373 g/mol. The summed E-state index contributed by atoms with van der Waals surface area (Å²) in [6.07, 6.45) is -4.52. The Bertz CT molecular complexity index is 967. The number of aromatic nitrogens is 1. The van der Waals surface area contributed by atoms with E-state index in [9.17, 15) is 21.6 Å². The molecule has 1 aromatic heterocycles. The third-order valence-corrected chi connectivity index (χ3v) is 5.52. The minimum atomic E-state index is -4.52. The molecule has 25 heavy (non-hydrogen) atoms. The third-order valence-electron chi connectivity index (χ3n) is 3.26. The second-order valence-electron chi connectivity index (χ2n) is 5.03. The minimum Gasteiger partial charge on any atom is -0.263 e. The number of thiazole rings is 1. The molecule has 9 heteroatoms. The molecule has 3 rings (SSSR count). The van der Waals surface area contributed by atoms with E-state index in [1.54, 1.807) is 0 Å². The number of alkyl halides is 3. The average molecular weight is 384 g/mol. The molecule has 0 amide bonds. The Balaban J connectivity index is 1.81. The Morgan fingerprint density at radius 3 is 2.20 bits per heavy atom. The summed E-state index contributed by atoms with van der Waals surface area (Å²) in [5.74, 6) is 0.115. The van der Waals surface area contributed by atoms with Crippen molar-refractivity contribution in [2.75, 3.05) is 4.72 Å². The molecule has 0 aliphatic heterocycles. The topological polar surface area (TPSA) is 59.1 Å². The molecule has 130 valence electrons. The van der Waals surface area contributed by atoms with Gasteiger partial charge in [-0.15, -0.1) is 11.3 Å². The molecule has 0 aliphatic rings. The second kappa shape index (κ2) is 6.49. The number of nitrogens with zero attached hydrogens (tertiary/aromatic N) is 1. The van der Waals surface area contributed by atoms with E-state index in [0.717, 1.165) is 29.8 Å². The van der Waals surface area contributed by atoms with E-state index in [0.29, 0.717) is 5.01 Å². The minimum absolute atomic E-state index is 0.115. The largest absolute Gasteiger partial charge is 0.416 e. The van der Waals surface area contributed by atoms with Gasteiger partial charge in [-0.2, -0.15) is 13.2 Å². The maximum Gasteiger partial charge on any atom is 0.416 e. The van der Waals surface area contributed by atoms with Crippen molar-refractivity contribution in [3.63, 3.8) is 0 Å². The summed E-state index contributed by atoms with van der Waals surface area (Å²) in [6, 6.07) is 12.5. The van der Waals surface area contributed by atoms with Gasteiger partial charge in [0.15, 0.2) is 5.82 Å². The van der Waals surface area contributed by atoms with Crippen LogP contribution in [0.15, 0.2) is 64.9 Å². The summed E-state index contributed by atoms with van der Waals surface area (Å²) in [7, 11) is -4.02. The molecule has 0 atom stereocenters. The first-order valence-electron chi connectivity index (χ1n) is 6.97. The Hall–Kier alpha value is -2.39. The first-order valence-corrected chi connectivity index (χ1v) is 9.33. The van der Waals surface area contributed by atoms with Gasteiger partial charge in [-0.1, -0.05) is 30.3 Å². The highest BCUT2D eigenvalue weighted by Crippen LogP contribution is 2.30. The van der Waals surface area contributed by atoms with E-state index >= 15 is 0 Å². The maximum atomic E-state index is 12.6. The fourth-order valence-electron chi connectivity index (χ4n) is 2.05. The lowest BCUT2D eigenvalue weighted by atomic mass is 10.2.